The van der Waals surface area contributed by atoms with Crippen molar-refractivity contribution < 1.29 is 4.39 Å². The van der Waals surface area contributed by atoms with Crippen molar-refractivity contribution in [2.45, 2.75) is 17.3 Å². The maximum atomic E-state index is 14.0. The minimum Gasteiger partial charge on any atom is -0.311 e. The molecule has 0 unspecified atom stereocenters. The normalized spacial score (nSPS) is 11.0. The molecule has 0 fully saturated rings. The highest BCUT2D eigenvalue weighted by Gasteiger charge is 2.16. The summed E-state index contributed by atoms with van der Waals surface area (Å²) in [6, 6.07) is 14.9. The molecule has 2 aromatic carbocycles. The van der Waals surface area contributed by atoms with Crippen molar-refractivity contribution in [1.29, 1.82) is 0 Å². The fourth-order valence-corrected chi connectivity index (χ4v) is 3.98. The quantitative estimate of drug-likeness (QED) is 0.446. The van der Waals surface area contributed by atoms with E-state index in [0.717, 1.165) is 5.69 Å². The average Bonchev–Trinajstić information content (AvgIpc) is 3.09. The fourth-order valence-electron chi connectivity index (χ4n) is 2.90. The van der Waals surface area contributed by atoms with Crippen LogP contribution in [0, 0.1) is 5.82 Å². The van der Waals surface area contributed by atoms with Gasteiger partial charge in [0.25, 0.3) is 5.56 Å². The molecule has 4 aromatic rings. The summed E-state index contributed by atoms with van der Waals surface area (Å²) in [5, 5.41) is 9.60. The molecular formula is C20H15ClFN5O2S. The molecule has 0 spiro atoms. The Balaban J connectivity index is 1.71. The third-order valence-electron chi connectivity index (χ3n) is 4.26. The van der Waals surface area contributed by atoms with Gasteiger partial charge in [-0.15, -0.1) is 10.2 Å². The standard InChI is InChI=1S/C20H15ClFN5O2S/c21-13-5-7-15(8-6-13)27-17(9-14-10-18(28)24-19(29)23-14)25-26-20(27)30-11-12-3-1-2-4-16(12)22/h1-8,10H,9,11H2,(H2,23,24,28,29). The van der Waals surface area contributed by atoms with E-state index in [1.165, 1.54) is 23.9 Å². The molecule has 0 radical (unpaired) electrons. The van der Waals surface area contributed by atoms with Crippen LogP contribution in [0.25, 0.3) is 5.69 Å². The van der Waals surface area contributed by atoms with E-state index < -0.39 is 11.2 Å². The lowest BCUT2D eigenvalue weighted by Gasteiger charge is -2.11. The van der Waals surface area contributed by atoms with Gasteiger partial charge in [0.15, 0.2) is 5.16 Å². The number of H-pyrrole nitrogens is 2. The summed E-state index contributed by atoms with van der Waals surface area (Å²) < 4.78 is 15.8. The van der Waals surface area contributed by atoms with Gasteiger partial charge in [0.2, 0.25) is 0 Å². The van der Waals surface area contributed by atoms with Gasteiger partial charge in [0.1, 0.15) is 11.6 Å². The predicted molar refractivity (Wildman–Crippen MR) is 113 cm³/mol. The molecule has 152 valence electrons. The summed E-state index contributed by atoms with van der Waals surface area (Å²) in [4.78, 5) is 27.9. The van der Waals surface area contributed by atoms with Crippen LogP contribution in [0.15, 0.2) is 69.3 Å². The molecule has 0 bridgehead atoms. The molecule has 0 saturated carbocycles. The molecule has 0 aliphatic heterocycles. The molecule has 30 heavy (non-hydrogen) atoms. The second-order valence-electron chi connectivity index (χ2n) is 6.38. The number of aromatic nitrogens is 5. The maximum absolute atomic E-state index is 14.0. The van der Waals surface area contributed by atoms with Gasteiger partial charge in [-0.1, -0.05) is 41.6 Å². The van der Waals surface area contributed by atoms with Crippen molar-refractivity contribution in [3.8, 4) is 5.69 Å². The number of nitrogens with one attached hydrogen (secondary N) is 2. The smallest absolute Gasteiger partial charge is 0.311 e. The number of benzene rings is 2. The van der Waals surface area contributed by atoms with Crippen LogP contribution in [0.4, 0.5) is 4.39 Å². The number of rotatable bonds is 6. The van der Waals surface area contributed by atoms with Gasteiger partial charge in [0, 0.05) is 34.6 Å². The van der Waals surface area contributed by atoms with Crippen molar-refractivity contribution in [3.63, 3.8) is 0 Å². The highest BCUT2D eigenvalue weighted by molar-refractivity contribution is 7.98. The zero-order valence-electron chi connectivity index (χ0n) is 15.4. The Hall–Kier alpha value is -3.17. The summed E-state index contributed by atoms with van der Waals surface area (Å²) in [6.07, 6.45) is 0.176. The van der Waals surface area contributed by atoms with Gasteiger partial charge in [-0.05, 0) is 35.9 Å². The monoisotopic (exact) mass is 443 g/mol. The van der Waals surface area contributed by atoms with E-state index >= 15 is 0 Å². The number of halogens is 2. The maximum Gasteiger partial charge on any atom is 0.325 e. The molecule has 0 atom stereocenters. The van der Waals surface area contributed by atoms with Gasteiger partial charge in [-0.2, -0.15) is 0 Å². The molecule has 2 N–H and O–H groups in total. The first kappa shape index (κ1) is 20.1. The fraction of sp³-hybridized carbons (Fsp3) is 0.100. The van der Waals surface area contributed by atoms with Crippen LogP contribution in [-0.4, -0.2) is 24.7 Å². The highest BCUT2D eigenvalue weighted by atomic mass is 35.5. The van der Waals surface area contributed by atoms with Crippen molar-refractivity contribution in [2.24, 2.45) is 0 Å². The Bertz CT molecular complexity index is 1270. The minimum atomic E-state index is -0.593. The lowest BCUT2D eigenvalue weighted by Crippen LogP contribution is -2.23. The third-order valence-corrected chi connectivity index (χ3v) is 5.49. The molecular weight excluding hydrogens is 429 g/mol. The Labute approximate surface area is 179 Å². The summed E-state index contributed by atoms with van der Waals surface area (Å²) in [6.45, 7) is 0. The molecule has 0 aliphatic carbocycles. The summed E-state index contributed by atoms with van der Waals surface area (Å²) >= 11 is 7.34. The number of nitrogens with zero attached hydrogens (tertiary/aromatic N) is 3. The summed E-state index contributed by atoms with van der Waals surface area (Å²) in [5.41, 5.74) is 0.609. The van der Waals surface area contributed by atoms with Crippen molar-refractivity contribution >= 4 is 23.4 Å². The largest absolute Gasteiger partial charge is 0.325 e. The summed E-state index contributed by atoms with van der Waals surface area (Å²) in [7, 11) is 0. The predicted octanol–water partition coefficient (Wildman–Crippen LogP) is 3.32. The molecule has 7 nitrogen and oxygen atoms in total. The number of aromatic amines is 2. The number of hydrogen-bond acceptors (Lipinski definition) is 5. The SMILES string of the molecule is O=c1cc(Cc2nnc(SCc3ccccc3F)n2-c2ccc(Cl)cc2)[nH]c(=O)[nH]1. The molecule has 0 saturated heterocycles. The minimum absolute atomic E-state index is 0.176. The highest BCUT2D eigenvalue weighted by Crippen LogP contribution is 2.27. The van der Waals surface area contributed by atoms with Gasteiger partial charge in [-0.25, -0.2) is 9.18 Å². The van der Waals surface area contributed by atoms with Gasteiger partial charge >= 0.3 is 5.69 Å². The van der Waals surface area contributed by atoms with Crippen molar-refractivity contribution in [2.75, 3.05) is 0 Å². The molecule has 0 aliphatic rings. The summed E-state index contributed by atoms with van der Waals surface area (Å²) in [5.74, 6) is 0.582. The number of hydrogen-bond donors (Lipinski definition) is 2. The molecule has 2 heterocycles. The molecule has 10 heteroatoms. The van der Waals surface area contributed by atoms with E-state index in [1.54, 1.807) is 34.9 Å². The number of thioether (sulfide) groups is 1. The lowest BCUT2D eigenvalue weighted by atomic mass is 10.2. The van der Waals surface area contributed by atoms with E-state index in [9.17, 15) is 14.0 Å². The van der Waals surface area contributed by atoms with Gasteiger partial charge in [0.05, 0.1) is 0 Å². The zero-order chi connectivity index (χ0) is 21.1. The van der Waals surface area contributed by atoms with Crippen LogP contribution in [0.1, 0.15) is 17.1 Å². The molecule has 0 amide bonds. The first-order valence-electron chi connectivity index (χ1n) is 8.88. The van der Waals surface area contributed by atoms with E-state index in [2.05, 4.69) is 20.2 Å². The van der Waals surface area contributed by atoms with Crippen LogP contribution in [0.5, 0.6) is 0 Å². The van der Waals surface area contributed by atoms with Crippen LogP contribution in [-0.2, 0) is 12.2 Å². The second-order valence-corrected chi connectivity index (χ2v) is 7.76. The Kier molecular flexibility index (Phi) is 5.82. The van der Waals surface area contributed by atoms with Crippen LogP contribution >= 0.6 is 23.4 Å². The van der Waals surface area contributed by atoms with E-state index in [1.807, 2.05) is 12.1 Å². The van der Waals surface area contributed by atoms with Crippen LogP contribution in [0.2, 0.25) is 5.02 Å². The molecule has 4 rings (SSSR count). The first-order chi connectivity index (χ1) is 14.5. The zero-order valence-corrected chi connectivity index (χ0v) is 17.0. The average molecular weight is 444 g/mol. The molecule has 2 aromatic heterocycles. The van der Waals surface area contributed by atoms with Crippen LogP contribution in [0.3, 0.4) is 0 Å². The van der Waals surface area contributed by atoms with E-state index in [-0.39, 0.29) is 12.2 Å². The Morgan fingerprint density at radius 2 is 1.80 bits per heavy atom. The Morgan fingerprint density at radius 1 is 1.03 bits per heavy atom. The lowest BCUT2D eigenvalue weighted by molar-refractivity contribution is 0.617. The van der Waals surface area contributed by atoms with E-state index in [4.69, 9.17) is 11.6 Å². The van der Waals surface area contributed by atoms with Crippen LogP contribution < -0.4 is 11.2 Å². The second kappa shape index (κ2) is 8.68. The topological polar surface area (TPSA) is 96.4 Å². The third kappa shape index (κ3) is 4.52. The Morgan fingerprint density at radius 3 is 2.53 bits per heavy atom. The van der Waals surface area contributed by atoms with Gasteiger partial charge < -0.3 is 4.98 Å². The first-order valence-corrected chi connectivity index (χ1v) is 10.2. The van der Waals surface area contributed by atoms with E-state index in [0.29, 0.717) is 33.0 Å². The van der Waals surface area contributed by atoms with Crippen molar-refractivity contribution in [1.82, 2.24) is 24.7 Å². The van der Waals surface area contributed by atoms with Crippen molar-refractivity contribution in [3.05, 3.63) is 103 Å². The van der Waals surface area contributed by atoms with Gasteiger partial charge in [-0.3, -0.25) is 14.3 Å².